The van der Waals surface area contributed by atoms with Crippen LogP contribution in [0.25, 0.3) is 0 Å². The Labute approximate surface area is 155 Å². The van der Waals surface area contributed by atoms with Gasteiger partial charge in [-0.05, 0) is 24.3 Å². The summed E-state index contributed by atoms with van der Waals surface area (Å²) in [6.45, 7) is 1.34. The van der Waals surface area contributed by atoms with E-state index < -0.39 is 11.7 Å². The van der Waals surface area contributed by atoms with Crippen molar-refractivity contribution >= 4 is 23.3 Å². The van der Waals surface area contributed by atoms with Gasteiger partial charge < -0.3 is 10.1 Å². The zero-order valence-corrected chi connectivity index (χ0v) is 14.8. The molecule has 3 rings (SSSR count). The average molecular weight is 370 g/mol. The van der Waals surface area contributed by atoms with Crippen LogP contribution in [0.4, 0.5) is 10.1 Å². The van der Waals surface area contributed by atoms with Gasteiger partial charge in [0.2, 0.25) is 5.91 Å². The summed E-state index contributed by atoms with van der Waals surface area (Å²) in [6, 6.07) is 11.0. The van der Waals surface area contributed by atoms with E-state index in [9.17, 15) is 18.8 Å². The molecule has 2 aromatic rings. The fourth-order valence-corrected chi connectivity index (χ4v) is 2.79. The van der Waals surface area contributed by atoms with E-state index in [2.05, 4.69) is 5.32 Å². The number of nitrogens with one attached hydrogen (secondary N) is 1. The van der Waals surface area contributed by atoms with Crippen LogP contribution >= 0.6 is 0 Å². The van der Waals surface area contributed by atoms with Crippen LogP contribution in [0, 0.1) is 5.82 Å². The highest BCUT2D eigenvalue weighted by molar-refractivity contribution is 6.04. The van der Waals surface area contributed by atoms with E-state index in [0.29, 0.717) is 29.0 Å². The highest BCUT2D eigenvalue weighted by Crippen LogP contribution is 2.33. The molecule has 1 aliphatic rings. The molecule has 0 radical (unpaired) electrons. The molecule has 0 spiro atoms. The molecule has 1 aliphatic heterocycles. The lowest BCUT2D eigenvalue weighted by Crippen LogP contribution is -2.45. The molecule has 0 saturated heterocycles. The number of carbonyl (C=O) groups is 3. The summed E-state index contributed by atoms with van der Waals surface area (Å²) in [6.07, 6.45) is 0.330. The largest absolute Gasteiger partial charge is 0.482 e. The van der Waals surface area contributed by atoms with E-state index in [1.807, 2.05) is 0 Å². The minimum Gasteiger partial charge on any atom is -0.482 e. The minimum atomic E-state index is -0.438. The van der Waals surface area contributed by atoms with Gasteiger partial charge in [0, 0.05) is 24.1 Å². The van der Waals surface area contributed by atoms with Crippen molar-refractivity contribution in [2.45, 2.75) is 19.9 Å². The van der Waals surface area contributed by atoms with Gasteiger partial charge in [-0.2, -0.15) is 0 Å². The van der Waals surface area contributed by atoms with Gasteiger partial charge in [0.1, 0.15) is 18.1 Å². The maximum atomic E-state index is 13.6. The van der Waals surface area contributed by atoms with Crippen molar-refractivity contribution in [2.75, 3.05) is 18.1 Å². The van der Waals surface area contributed by atoms with Gasteiger partial charge in [0.15, 0.2) is 12.4 Å². The summed E-state index contributed by atoms with van der Waals surface area (Å²) in [7, 11) is 0. The Morgan fingerprint density at radius 1 is 1.22 bits per heavy atom. The van der Waals surface area contributed by atoms with Gasteiger partial charge in [0.25, 0.3) is 5.91 Å². The lowest BCUT2D eigenvalue weighted by atomic mass is 10.1. The quantitative estimate of drug-likeness (QED) is 0.793. The van der Waals surface area contributed by atoms with Crippen LogP contribution in [-0.4, -0.2) is 30.7 Å². The Kier molecular flexibility index (Phi) is 5.49. The van der Waals surface area contributed by atoms with E-state index in [1.54, 1.807) is 43.3 Å². The number of nitrogens with zero attached hydrogens (tertiary/aromatic N) is 1. The van der Waals surface area contributed by atoms with E-state index in [-0.39, 0.29) is 31.4 Å². The number of ketones is 1. The summed E-state index contributed by atoms with van der Waals surface area (Å²) >= 11 is 0. The smallest absolute Gasteiger partial charge is 0.265 e. The van der Waals surface area contributed by atoms with Crippen molar-refractivity contribution in [3.8, 4) is 5.75 Å². The molecule has 0 saturated carbocycles. The molecule has 1 N–H and O–H groups in total. The SMILES string of the molecule is CCC(=O)c1ccc2c(c1)N(CC(=O)NCc1ccccc1F)C(=O)CO2. The fourth-order valence-electron chi connectivity index (χ4n) is 2.79. The molecule has 7 heteroatoms. The molecule has 0 atom stereocenters. The Hall–Kier alpha value is -3.22. The van der Waals surface area contributed by atoms with Crippen LogP contribution in [0.5, 0.6) is 5.75 Å². The molecule has 140 valence electrons. The first-order chi connectivity index (χ1) is 13.0. The molecule has 2 aromatic carbocycles. The van der Waals surface area contributed by atoms with Crippen molar-refractivity contribution < 1.29 is 23.5 Å². The second-order valence-corrected chi connectivity index (χ2v) is 6.10. The minimum absolute atomic E-state index is 0.0191. The molecule has 0 aliphatic carbocycles. The van der Waals surface area contributed by atoms with E-state index in [4.69, 9.17) is 4.74 Å². The number of benzene rings is 2. The number of carbonyl (C=O) groups excluding carboxylic acids is 3. The van der Waals surface area contributed by atoms with Crippen molar-refractivity contribution in [1.82, 2.24) is 5.32 Å². The molecular formula is C20H19FN2O4. The fraction of sp³-hybridized carbons (Fsp3) is 0.250. The topological polar surface area (TPSA) is 75.7 Å². The second-order valence-electron chi connectivity index (χ2n) is 6.10. The number of fused-ring (bicyclic) bond motifs is 1. The molecule has 0 fully saturated rings. The van der Waals surface area contributed by atoms with Gasteiger partial charge >= 0.3 is 0 Å². The summed E-state index contributed by atoms with van der Waals surface area (Å²) in [4.78, 5) is 37.8. The highest BCUT2D eigenvalue weighted by atomic mass is 19.1. The van der Waals surface area contributed by atoms with Gasteiger partial charge in [-0.25, -0.2) is 4.39 Å². The van der Waals surface area contributed by atoms with Gasteiger partial charge in [-0.15, -0.1) is 0 Å². The maximum absolute atomic E-state index is 13.6. The van der Waals surface area contributed by atoms with Crippen molar-refractivity contribution in [3.05, 3.63) is 59.4 Å². The normalized spacial score (nSPS) is 13.0. The van der Waals surface area contributed by atoms with Crippen LogP contribution in [0.1, 0.15) is 29.3 Å². The summed E-state index contributed by atoms with van der Waals surface area (Å²) in [5.41, 5.74) is 1.19. The summed E-state index contributed by atoms with van der Waals surface area (Å²) in [5.74, 6) is -0.867. The van der Waals surface area contributed by atoms with Crippen molar-refractivity contribution in [2.24, 2.45) is 0 Å². The number of hydrogen-bond donors (Lipinski definition) is 1. The monoisotopic (exact) mass is 370 g/mol. The molecule has 2 amide bonds. The third kappa shape index (κ3) is 4.13. The zero-order chi connectivity index (χ0) is 19.4. The Bertz CT molecular complexity index is 897. The van der Waals surface area contributed by atoms with Crippen molar-refractivity contribution in [1.29, 1.82) is 0 Å². The number of ether oxygens (including phenoxy) is 1. The van der Waals surface area contributed by atoms with Crippen LogP contribution in [-0.2, 0) is 16.1 Å². The van der Waals surface area contributed by atoms with Crippen molar-refractivity contribution in [3.63, 3.8) is 0 Å². The standard InChI is InChI=1S/C20H19FN2O4/c1-2-17(24)13-7-8-18-16(9-13)23(20(26)12-27-18)11-19(25)22-10-14-5-3-4-6-15(14)21/h3-9H,2,10-12H2,1H3,(H,22,25). The third-order valence-electron chi connectivity index (χ3n) is 4.28. The first-order valence-corrected chi connectivity index (χ1v) is 8.60. The van der Waals surface area contributed by atoms with E-state index in [0.717, 1.165) is 0 Å². The predicted molar refractivity (Wildman–Crippen MR) is 97.2 cm³/mol. The Balaban J connectivity index is 1.74. The molecule has 1 heterocycles. The Morgan fingerprint density at radius 3 is 2.74 bits per heavy atom. The summed E-state index contributed by atoms with van der Waals surface area (Å²) < 4.78 is 19.0. The maximum Gasteiger partial charge on any atom is 0.265 e. The Morgan fingerprint density at radius 2 is 2.00 bits per heavy atom. The van der Waals surface area contributed by atoms with Gasteiger partial charge in [0.05, 0.1) is 5.69 Å². The van der Waals surface area contributed by atoms with Gasteiger partial charge in [-0.3, -0.25) is 19.3 Å². The van der Waals surface area contributed by atoms with Gasteiger partial charge in [-0.1, -0.05) is 25.1 Å². The molecule has 0 unspecified atom stereocenters. The first-order valence-electron chi connectivity index (χ1n) is 8.60. The van der Waals surface area contributed by atoms with Crippen LogP contribution in [0.2, 0.25) is 0 Å². The number of rotatable bonds is 6. The van der Waals surface area contributed by atoms with E-state index in [1.165, 1.54) is 11.0 Å². The lowest BCUT2D eigenvalue weighted by molar-refractivity contribution is -0.125. The molecule has 0 aromatic heterocycles. The van der Waals surface area contributed by atoms with Crippen LogP contribution < -0.4 is 15.0 Å². The number of amides is 2. The predicted octanol–water partition coefficient (Wildman–Crippen LogP) is 2.46. The molecule has 0 bridgehead atoms. The van der Waals surface area contributed by atoms with Crippen LogP contribution in [0.3, 0.4) is 0 Å². The molecule has 6 nitrogen and oxygen atoms in total. The zero-order valence-electron chi connectivity index (χ0n) is 14.8. The lowest BCUT2D eigenvalue weighted by Gasteiger charge is -2.29. The van der Waals surface area contributed by atoms with E-state index >= 15 is 0 Å². The third-order valence-corrected chi connectivity index (χ3v) is 4.28. The number of Topliss-reactive ketones (excluding diaryl/α,β-unsaturated/α-hetero) is 1. The number of halogens is 1. The average Bonchev–Trinajstić information content (AvgIpc) is 2.68. The number of anilines is 1. The molecule has 27 heavy (non-hydrogen) atoms. The van der Waals surface area contributed by atoms with Crippen LogP contribution in [0.15, 0.2) is 42.5 Å². The number of hydrogen-bond acceptors (Lipinski definition) is 4. The molecular weight excluding hydrogens is 351 g/mol. The highest BCUT2D eigenvalue weighted by Gasteiger charge is 2.28. The second kappa shape index (κ2) is 7.99. The first kappa shape index (κ1) is 18.6. The summed E-state index contributed by atoms with van der Waals surface area (Å²) in [5, 5.41) is 2.61.